The number of nitrogens with zero attached hydrogens (tertiary/aromatic N) is 8. The number of quaternary nitrogens is 1. The number of Topliss-reactive ketones (excluding diaryl/α,β-unsaturated/α-hetero) is 2. The summed E-state index contributed by atoms with van der Waals surface area (Å²) in [6.45, 7) is 3.88. The summed E-state index contributed by atoms with van der Waals surface area (Å²) in [5.41, 5.74) is 11.3. The summed E-state index contributed by atoms with van der Waals surface area (Å²) < 4.78 is 115. The number of benzene rings is 9. The van der Waals surface area contributed by atoms with Gasteiger partial charge in [-0.3, -0.25) is 34.0 Å². The van der Waals surface area contributed by atoms with Gasteiger partial charge in [0.1, 0.15) is 62.2 Å². The van der Waals surface area contributed by atoms with Crippen molar-refractivity contribution in [2.24, 2.45) is 9.98 Å². The lowest BCUT2D eigenvalue weighted by atomic mass is 9.94. The van der Waals surface area contributed by atoms with Crippen molar-refractivity contribution in [1.29, 1.82) is 0 Å². The summed E-state index contributed by atoms with van der Waals surface area (Å²) in [6.07, 6.45) is -2.20. The molecule has 32 nitrogen and oxygen atoms in total. The minimum atomic E-state index is -5.09. The van der Waals surface area contributed by atoms with Crippen LogP contribution < -0.4 is 37.4 Å². The van der Waals surface area contributed by atoms with Crippen LogP contribution in [0.25, 0.3) is 0 Å². The number of aliphatic imine (C=N–C) groups is 2. The van der Waals surface area contributed by atoms with Crippen LogP contribution in [0.1, 0.15) is 127 Å². The maximum Gasteiger partial charge on any atom is 0.501 e. The first kappa shape index (κ1) is 90.2. The van der Waals surface area contributed by atoms with Crippen molar-refractivity contribution in [2.75, 3.05) is 67.0 Å². The molecule has 3 unspecified atom stereocenters. The number of aryl methyl sites for hydroxylation is 1. The molecule has 34 heteroatoms. The highest BCUT2D eigenvalue weighted by Gasteiger charge is 2.46. The molecule has 0 spiro atoms. The molecule has 15 rings (SSSR count). The minimum absolute atomic E-state index is 0.0200. The van der Waals surface area contributed by atoms with Crippen molar-refractivity contribution in [3.05, 3.63) is 272 Å². The van der Waals surface area contributed by atoms with Crippen molar-refractivity contribution >= 4 is 73.3 Å². The van der Waals surface area contributed by atoms with E-state index in [2.05, 4.69) is 27.8 Å². The molecule has 0 saturated carbocycles. The average molecular weight is 1790 g/mol. The van der Waals surface area contributed by atoms with Gasteiger partial charge in [0.25, 0.3) is 17.7 Å². The van der Waals surface area contributed by atoms with E-state index in [1.165, 1.54) is 86.0 Å². The van der Waals surface area contributed by atoms with Gasteiger partial charge < -0.3 is 86.3 Å². The van der Waals surface area contributed by atoms with Gasteiger partial charge in [0.2, 0.25) is 6.29 Å². The largest absolute Gasteiger partial charge is 0.501 e. The van der Waals surface area contributed by atoms with Gasteiger partial charge in [-0.15, -0.1) is 13.5 Å². The third-order valence-corrected chi connectivity index (χ3v) is 25.2. The van der Waals surface area contributed by atoms with Crippen molar-refractivity contribution < 1.29 is 112 Å². The normalized spacial score (nSPS) is 18.2. The number of nitrogens with one attached hydrogen (secondary N) is 1. The van der Waals surface area contributed by atoms with Crippen LogP contribution in [-0.2, 0) is 99.8 Å². The van der Waals surface area contributed by atoms with Gasteiger partial charge in [-0.1, -0.05) is 83.6 Å². The molecule has 128 heavy (non-hydrogen) atoms. The van der Waals surface area contributed by atoms with E-state index in [0.29, 0.717) is 107 Å². The molecule has 5 aliphatic heterocycles. The fraction of sp³-hybridized carbons (Fsp3) is 0.330. The number of sulfone groups is 1. The first-order chi connectivity index (χ1) is 61.6. The SMILES string of the molecule is COc1cc2c(cc1OCc1cc(COc3cc4c(cc3OC)C(=O)N3Cc5ccccc5CC3C=N4)cc(C[N+](C)(C)Cc3ccc(OS(=O)(=O)Oc4cc(C(=O)CCCOCCn5cc(COCCNC(=O)c6ccc(C(=O)CCS(=O)(=O)c7ccc(C)cc7)cc6)nn5)ccc4OC4O[C@H](CO)[C@H](O)[C@H](O)[C@H]4O)cc3)c1)N=CC1Cc3ccccc3CN1C2=O. The van der Waals surface area contributed by atoms with Crippen LogP contribution >= 0.6 is 0 Å². The Bertz CT molecular complexity index is 5910. The van der Waals surface area contributed by atoms with E-state index >= 15 is 0 Å². The fourth-order valence-electron chi connectivity index (χ4n) is 16.0. The van der Waals surface area contributed by atoms with Crippen LogP contribution in [0, 0.1) is 6.92 Å². The number of carbonyl (C=O) groups excluding carboxylic acids is 5. The van der Waals surface area contributed by atoms with Gasteiger partial charge in [0, 0.05) is 91.5 Å². The summed E-state index contributed by atoms with van der Waals surface area (Å²) in [5, 5.41) is 53.0. The molecule has 1 aromatic heterocycles. The number of aliphatic hydroxyl groups excluding tert-OH is 4. The molecule has 0 bridgehead atoms. The number of amides is 3. The molecule has 10 aromatic rings. The van der Waals surface area contributed by atoms with Gasteiger partial charge >= 0.3 is 10.4 Å². The van der Waals surface area contributed by atoms with E-state index in [4.69, 9.17) is 56.2 Å². The average Bonchev–Trinajstić information content (AvgIpc) is 1.59. The standard InChI is InChI=1S/C94H97N9O23S2/c1-58-16-27-74(28-17-58)127(113,114)36-30-80(106)63-20-22-64(23-21-63)91(110)95-31-34-120-57-70-51-100(99-98-70)32-35-119-33-10-15-79(105)67-24-29-81(123-94-90(109)89(108)88(107)87(54-104)124-94)86(42-67)126-128(115,116)125-73-25-18-59(19-26-73)52-103(2,3)53-60-37-61(55-121-84-45-77-75(43-82(84)117-4)92(111)101-49-68-13-8-6-11-65(68)40-71(101)47-96-77)39-62(38-60)56-122-85-46-78-76(44-83(85)118-5)93(112)102-50-69-14-9-7-12-66(69)41-72(102)48-97-78/h6-9,11-14,16-29,37-39,42-48,51,71-72,87-90,94,104,107-109H,10,15,30-36,40-41,49-50,52-57H2,1-5H3/p+1/t71?,72?,87-,88+,89+,90-,94?/m1/s1. The second-order valence-corrected chi connectivity index (χ2v) is 35.8. The number of rotatable bonds is 38. The number of hydrogen-bond acceptors (Lipinski definition) is 27. The molecule has 1 saturated heterocycles. The van der Waals surface area contributed by atoms with Crippen LogP contribution in [0.15, 0.2) is 203 Å². The molecule has 7 atom stereocenters. The van der Waals surface area contributed by atoms with Crippen LogP contribution in [0.2, 0.25) is 0 Å². The first-order valence-electron chi connectivity index (χ1n) is 41.7. The molecule has 668 valence electrons. The van der Waals surface area contributed by atoms with E-state index in [0.717, 1.165) is 45.0 Å². The van der Waals surface area contributed by atoms with Crippen molar-refractivity contribution in [1.82, 2.24) is 30.1 Å². The predicted molar refractivity (Wildman–Crippen MR) is 467 cm³/mol. The van der Waals surface area contributed by atoms with Gasteiger partial charge in [0.05, 0.1) is 113 Å². The number of fused-ring (bicyclic) bond motifs is 6. The quantitative estimate of drug-likeness (QED) is 0.0136. The third kappa shape index (κ3) is 21.8. The monoisotopic (exact) mass is 1780 g/mol. The van der Waals surface area contributed by atoms with Gasteiger partial charge in [0.15, 0.2) is 55.9 Å². The third-order valence-electron chi connectivity index (χ3n) is 22.7. The van der Waals surface area contributed by atoms with Crippen molar-refractivity contribution in [2.45, 2.75) is 139 Å². The molecule has 0 aliphatic carbocycles. The van der Waals surface area contributed by atoms with Gasteiger partial charge in [-0.2, -0.15) is 0 Å². The summed E-state index contributed by atoms with van der Waals surface area (Å²) in [6, 6.07) is 50.8. The zero-order valence-corrected chi connectivity index (χ0v) is 72.6. The maximum atomic E-state index is 14.3. The lowest BCUT2D eigenvalue weighted by molar-refractivity contribution is -0.916. The molecule has 0 radical (unpaired) electrons. The first-order valence-corrected chi connectivity index (χ1v) is 44.7. The maximum absolute atomic E-state index is 14.3. The molecule has 6 heterocycles. The summed E-state index contributed by atoms with van der Waals surface area (Å²) in [4.78, 5) is 81.6. The lowest BCUT2D eigenvalue weighted by Gasteiger charge is -2.39. The minimum Gasteiger partial charge on any atom is -0.493 e. The number of ether oxygens (including phenoxy) is 8. The van der Waals surface area contributed by atoms with Crippen LogP contribution in [-0.4, -0.2) is 218 Å². The second kappa shape index (κ2) is 39.7. The Morgan fingerprint density at radius 3 is 1.73 bits per heavy atom. The van der Waals surface area contributed by atoms with Crippen LogP contribution in [0.4, 0.5) is 11.4 Å². The van der Waals surface area contributed by atoms with Crippen molar-refractivity contribution in [3.63, 3.8) is 0 Å². The number of methoxy groups -OCH3 is 2. The zero-order valence-electron chi connectivity index (χ0n) is 71.0. The fourth-order valence-corrected chi connectivity index (χ4v) is 17.9. The molecule has 9 aromatic carbocycles. The Kier molecular flexibility index (Phi) is 28.0. The Morgan fingerprint density at radius 2 is 1.13 bits per heavy atom. The molecule has 5 aliphatic rings. The number of carbonyl (C=O) groups is 5. The van der Waals surface area contributed by atoms with E-state index < -0.39 is 80.7 Å². The Labute approximate surface area is 739 Å². The number of hydrogen-bond donors (Lipinski definition) is 5. The Balaban J connectivity index is 0.565. The van der Waals surface area contributed by atoms with Crippen molar-refractivity contribution in [3.8, 4) is 40.2 Å². The molecule has 3 amide bonds. The smallest absolute Gasteiger partial charge is 0.493 e. The van der Waals surface area contributed by atoms with Gasteiger partial charge in [-0.05, 0) is 157 Å². The number of ketones is 2. The van der Waals surface area contributed by atoms with Crippen LogP contribution in [0.3, 0.4) is 0 Å². The number of aromatic nitrogens is 3. The summed E-state index contributed by atoms with van der Waals surface area (Å²) >= 11 is 0. The molecule has 1 fully saturated rings. The van der Waals surface area contributed by atoms with E-state index in [1.807, 2.05) is 97.8 Å². The lowest BCUT2D eigenvalue weighted by Crippen LogP contribution is -2.60. The molecular formula is C94H98N9O23S2+. The van der Waals surface area contributed by atoms with E-state index in [9.17, 15) is 61.2 Å². The van der Waals surface area contributed by atoms with E-state index in [-0.39, 0.29) is 123 Å². The summed E-state index contributed by atoms with van der Waals surface area (Å²) in [5.74, 6) is -1.63. The Hall–Kier alpha value is -12.6. The van der Waals surface area contributed by atoms with Crippen LogP contribution in [0.5, 0.6) is 40.2 Å². The highest BCUT2D eigenvalue weighted by Crippen LogP contribution is 2.43. The van der Waals surface area contributed by atoms with E-state index in [1.54, 1.807) is 59.4 Å². The highest BCUT2D eigenvalue weighted by molar-refractivity contribution is 7.91. The topological polar surface area (TPSA) is 401 Å². The highest BCUT2D eigenvalue weighted by atomic mass is 32.3. The number of aliphatic hydroxyl groups is 4. The predicted octanol–water partition coefficient (Wildman–Crippen LogP) is 9.66. The molecule has 5 N–H and O–H groups in total. The van der Waals surface area contributed by atoms with Gasteiger partial charge in [-0.25, -0.2) is 13.1 Å². The second-order valence-electron chi connectivity index (χ2n) is 32.5. The summed E-state index contributed by atoms with van der Waals surface area (Å²) in [7, 11) is -1.65. The Morgan fingerprint density at radius 1 is 0.562 bits per heavy atom. The molecular weight excluding hydrogens is 1690 g/mol. The zero-order chi connectivity index (χ0) is 90.0.